The monoisotopic (exact) mass is 247 g/mol. The van der Waals surface area contributed by atoms with E-state index in [-0.39, 0.29) is 0 Å². The summed E-state index contributed by atoms with van der Waals surface area (Å²) in [6.07, 6.45) is 1.07. The molecule has 0 bridgehead atoms. The van der Waals surface area contributed by atoms with Crippen LogP contribution in [0.5, 0.6) is 0 Å². The number of aromatic amines is 1. The van der Waals surface area contributed by atoms with Gasteiger partial charge < -0.3 is 10.3 Å². The maximum absolute atomic E-state index is 4.68. The van der Waals surface area contributed by atoms with Crippen LogP contribution in [0.1, 0.15) is 24.4 Å². The van der Waals surface area contributed by atoms with Crippen LogP contribution in [0.4, 0.5) is 0 Å². The average Bonchev–Trinajstić information content (AvgIpc) is 2.82. The SMILES string of the molecule is CCc1ccc2nc(C3CSCCN3)[nH]c2c1. The third-order valence-electron chi connectivity index (χ3n) is 3.22. The molecule has 0 radical (unpaired) electrons. The summed E-state index contributed by atoms with van der Waals surface area (Å²) in [6.45, 7) is 3.25. The molecule has 0 amide bonds. The van der Waals surface area contributed by atoms with Crippen molar-refractivity contribution in [1.29, 1.82) is 0 Å². The number of hydrogen-bond donors (Lipinski definition) is 2. The Morgan fingerprint density at radius 2 is 2.41 bits per heavy atom. The van der Waals surface area contributed by atoms with Crippen LogP contribution in [-0.2, 0) is 6.42 Å². The van der Waals surface area contributed by atoms with Crippen molar-refractivity contribution in [2.75, 3.05) is 18.1 Å². The van der Waals surface area contributed by atoms with Crippen LogP contribution in [0.15, 0.2) is 18.2 Å². The highest BCUT2D eigenvalue weighted by Crippen LogP contribution is 2.22. The maximum atomic E-state index is 4.68. The lowest BCUT2D eigenvalue weighted by atomic mass is 10.1. The van der Waals surface area contributed by atoms with E-state index in [9.17, 15) is 0 Å². The van der Waals surface area contributed by atoms with Gasteiger partial charge in [0.05, 0.1) is 17.1 Å². The van der Waals surface area contributed by atoms with Crippen LogP contribution in [0.25, 0.3) is 11.0 Å². The molecule has 1 aliphatic rings. The van der Waals surface area contributed by atoms with E-state index in [1.807, 2.05) is 11.8 Å². The number of nitrogens with zero attached hydrogens (tertiary/aromatic N) is 1. The van der Waals surface area contributed by atoms with Crippen molar-refractivity contribution >= 4 is 22.8 Å². The molecule has 4 heteroatoms. The minimum absolute atomic E-state index is 0.381. The molecule has 1 aromatic heterocycles. The predicted molar refractivity (Wildman–Crippen MR) is 73.5 cm³/mol. The molecular formula is C13H17N3S. The Labute approximate surface area is 105 Å². The first kappa shape index (κ1) is 11.1. The van der Waals surface area contributed by atoms with Crippen LogP contribution in [0, 0.1) is 0 Å². The van der Waals surface area contributed by atoms with Crippen molar-refractivity contribution in [3.8, 4) is 0 Å². The second kappa shape index (κ2) is 4.70. The van der Waals surface area contributed by atoms with Crippen LogP contribution in [-0.4, -0.2) is 28.0 Å². The van der Waals surface area contributed by atoms with Crippen LogP contribution in [0.3, 0.4) is 0 Å². The van der Waals surface area contributed by atoms with Crippen molar-refractivity contribution in [2.45, 2.75) is 19.4 Å². The number of hydrogen-bond acceptors (Lipinski definition) is 3. The molecule has 17 heavy (non-hydrogen) atoms. The van der Waals surface area contributed by atoms with Crippen molar-refractivity contribution in [1.82, 2.24) is 15.3 Å². The van der Waals surface area contributed by atoms with Gasteiger partial charge in [0.1, 0.15) is 5.82 Å². The molecule has 0 aliphatic carbocycles. The summed E-state index contributed by atoms with van der Waals surface area (Å²) < 4.78 is 0. The molecule has 0 spiro atoms. The van der Waals surface area contributed by atoms with Crippen molar-refractivity contribution in [2.24, 2.45) is 0 Å². The van der Waals surface area contributed by atoms with Crippen LogP contribution < -0.4 is 5.32 Å². The molecule has 3 nitrogen and oxygen atoms in total. The first-order chi connectivity index (χ1) is 8.36. The summed E-state index contributed by atoms with van der Waals surface area (Å²) in [6, 6.07) is 6.87. The number of aryl methyl sites for hydroxylation is 1. The van der Waals surface area contributed by atoms with E-state index in [0.29, 0.717) is 6.04 Å². The molecule has 90 valence electrons. The molecule has 1 aromatic carbocycles. The zero-order valence-electron chi connectivity index (χ0n) is 9.99. The number of imidazole rings is 1. The van der Waals surface area contributed by atoms with Crippen molar-refractivity contribution in [3.63, 3.8) is 0 Å². The lowest BCUT2D eigenvalue weighted by Gasteiger charge is -2.20. The second-order valence-corrected chi connectivity index (χ2v) is 5.56. The van der Waals surface area contributed by atoms with Crippen molar-refractivity contribution < 1.29 is 0 Å². The smallest absolute Gasteiger partial charge is 0.125 e. The molecule has 1 unspecified atom stereocenters. The number of nitrogens with one attached hydrogen (secondary N) is 2. The van der Waals surface area contributed by atoms with E-state index in [2.05, 4.69) is 40.4 Å². The van der Waals surface area contributed by atoms with Gasteiger partial charge in [0.15, 0.2) is 0 Å². The van der Waals surface area contributed by atoms with E-state index in [1.54, 1.807) is 0 Å². The first-order valence-electron chi connectivity index (χ1n) is 6.16. The summed E-state index contributed by atoms with van der Waals surface area (Å²) in [5.41, 5.74) is 3.60. The summed E-state index contributed by atoms with van der Waals surface area (Å²) in [5, 5.41) is 3.51. The normalized spacial score (nSPS) is 20.9. The number of benzene rings is 1. The lowest BCUT2D eigenvalue weighted by molar-refractivity contribution is 0.571. The molecule has 1 fully saturated rings. The Morgan fingerprint density at radius 3 is 3.18 bits per heavy atom. The average molecular weight is 247 g/mol. The van der Waals surface area contributed by atoms with Gasteiger partial charge in [-0.2, -0.15) is 11.8 Å². The molecule has 1 saturated heterocycles. The quantitative estimate of drug-likeness (QED) is 0.856. The topological polar surface area (TPSA) is 40.7 Å². The van der Waals surface area contributed by atoms with E-state index in [0.717, 1.165) is 35.6 Å². The zero-order chi connectivity index (χ0) is 11.7. The number of rotatable bonds is 2. The summed E-state index contributed by atoms with van der Waals surface area (Å²) in [5.74, 6) is 3.40. The highest BCUT2D eigenvalue weighted by atomic mass is 32.2. The fourth-order valence-corrected chi connectivity index (χ4v) is 3.14. The van der Waals surface area contributed by atoms with Gasteiger partial charge in [0, 0.05) is 18.1 Å². The fraction of sp³-hybridized carbons (Fsp3) is 0.462. The molecule has 2 N–H and O–H groups in total. The minimum Gasteiger partial charge on any atom is -0.341 e. The molecule has 3 rings (SSSR count). The van der Waals surface area contributed by atoms with E-state index in [1.165, 1.54) is 11.3 Å². The highest BCUT2D eigenvalue weighted by Gasteiger charge is 2.18. The zero-order valence-corrected chi connectivity index (χ0v) is 10.8. The van der Waals surface area contributed by atoms with Gasteiger partial charge in [-0.3, -0.25) is 0 Å². The van der Waals surface area contributed by atoms with Gasteiger partial charge in [0.25, 0.3) is 0 Å². The molecule has 1 atom stereocenters. The largest absolute Gasteiger partial charge is 0.341 e. The van der Waals surface area contributed by atoms with E-state index >= 15 is 0 Å². The Kier molecular flexibility index (Phi) is 3.07. The van der Waals surface area contributed by atoms with Gasteiger partial charge >= 0.3 is 0 Å². The Bertz CT molecular complexity index is 514. The number of H-pyrrole nitrogens is 1. The third kappa shape index (κ3) is 2.19. The molecule has 2 aromatic rings. The Hall–Kier alpha value is -1.00. The first-order valence-corrected chi connectivity index (χ1v) is 7.32. The highest BCUT2D eigenvalue weighted by molar-refractivity contribution is 7.99. The summed E-state index contributed by atoms with van der Waals surface area (Å²) in [7, 11) is 0. The molecular weight excluding hydrogens is 230 g/mol. The number of aromatic nitrogens is 2. The van der Waals surface area contributed by atoms with Crippen LogP contribution >= 0.6 is 11.8 Å². The summed E-state index contributed by atoms with van der Waals surface area (Å²) in [4.78, 5) is 8.13. The molecule has 1 aliphatic heterocycles. The molecule has 0 saturated carbocycles. The number of thioether (sulfide) groups is 1. The van der Waals surface area contributed by atoms with Gasteiger partial charge in [-0.25, -0.2) is 4.98 Å². The lowest BCUT2D eigenvalue weighted by Crippen LogP contribution is -2.30. The minimum atomic E-state index is 0.381. The number of fused-ring (bicyclic) bond motifs is 1. The van der Waals surface area contributed by atoms with Crippen LogP contribution in [0.2, 0.25) is 0 Å². The Balaban J connectivity index is 1.95. The molecule has 2 heterocycles. The Morgan fingerprint density at radius 1 is 1.47 bits per heavy atom. The van der Waals surface area contributed by atoms with Gasteiger partial charge in [0.2, 0.25) is 0 Å². The third-order valence-corrected chi connectivity index (χ3v) is 4.29. The van der Waals surface area contributed by atoms with E-state index < -0.39 is 0 Å². The fourth-order valence-electron chi connectivity index (χ4n) is 2.20. The van der Waals surface area contributed by atoms with Crippen molar-refractivity contribution in [3.05, 3.63) is 29.6 Å². The standard InChI is InChI=1S/C13H17N3S/c1-2-9-3-4-10-11(7-9)16-13(15-10)12-8-17-6-5-14-12/h3-4,7,12,14H,2,5-6,8H2,1H3,(H,15,16). The second-order valence-electron chi connectivity index (χ2n) is 4.41. The van der Waals surface area contributed by atoms with E-state index in [4.69, 9.17) is 0 Å². The predicted octanol–water partition coefficient (Wildman–Crippen LogP) is 2.50. The maximum Gasteiger partial charge on any atom is 0.125 e. The summed E-state index contributed by atoms with van der Waals surface area (Å²) >= 11 is 1.99. The van der Waals surface area contributed by atoms with Gasteiger partial charge in [-0.05, 0) is 24.1 Å². The van der Waals surface area contributed by atoms with Gasteiger partial charge in [-0.1, -0.05) is 13.0 Å². The van der Waals surface area contributed by atoms with Gasteiger partial charge in [-0.15, -0.1) is 0 Å².